The second-order valence-corrected chi connectivity index (χ2v) is 4.23. The average molecular weight is 278 g/mol. The Morgan fingerprint density at radius 3 is 2.94 bits per heavy atom. The third-order valence-electron chi connectivity index (χ3n) is 2.25. The number of amidine groups is 1. The van der Waals surface area contributed by atoms with Gasteiger partial charge in [-0.15, -0.1) is 0 Å². The summed E-state index contributed by atoms with van der Waals surface area (Å²) in [5.74, 6) is 0.472. The van der Waals surface area contributed by atoms with Crippen LogP contribution in [0.25, 0.3) is 10.9 Å². The SMILES string of the molecule is CCN=C(N)c1nc2ccccc2cc1Br. The van der Waals surface area contributed by atoms with E-state index in [1.54, 1.807) is 0 Å². The number of aromatic nitrogens is 1. The predicted molar refractivity (Wildman–Crippen MR) is 70.7 cm³/mol. The third-order valence-corrected chi connectivity index (χ3v) is 2.85. The number of fused-ring (bicyclic) bond motifs is 1. The van der Waals surface area contributed by atoms with Gasteiger partial charge in [-0.2, -0.15) is 0 Å². The molecule has 1 aromatic heterocycles. The number of benzene rings is 1. The van der Waals surface area contributed by atoms with Gasteiger partial charge in [0.05, 0.1) is 5.52 Å². The Morgan fingerprint density at radius 1 is 1.44 bits per heavy atom. The minimum Gasteiger partial charge on any atom is -0.382 e. The molecule has 1 aromatic carbocycles. The van der Waals surface area contributed by atoms with Gasteiger partial charge in [-0.1, -0.05) is 18.2 Å². The zero-order valence-corrected chi connectivity index (χ0v) is 10.5. The van der Waals surface area contributed by atoms with Gasteiger partial charge in [0.25, 0.3) is 0 Å². The van der Waals surface area contributed by atoms with Gasteiger partial charge in [0, 0.05) is 16.4 Å². The molecule has 16 heavy (non-hydrogen) atoms. The lowest BCUT2D eigenvalue weighted by molar-refractivity contribution is 1.11. The standard InChI is InChI=1S/C12H12BrN3/c1-2-15-12(14)11-9(13)7-8-5-3-4-6-10(8)16-11/h3-7H,2H2,1H3,(H2,14,15). The number of nitrogens with two attached hydrogens (primary N) is 1. The van der Waals surface area contributed by atoms with Crippen LogP contribution >= 0.6 is 15.9 Å². The first-order valence-corrected chi connectivity index (χ1v) is 5.87. The first-order chi connectivity index (χ1) is 7.72. The highest BCUT2D eigenvalue weighted by Crippen LogP contribution is 2.21. The molecule has 0 atom stereocenters. The van der Waals surface area contributed by atoms with Gasteiger partial charge in [-0.05, 0) is 35.0 Å². The molecule has 0 unspecified atom stereocenters. The third kappa shape index (κ3) is 2.07. The van der Waals surface area contributed by atoms with Crippen molar-refractivity contribution in [3.63, 3.8) is 0 Å². The van der Waals surface area contributed by atoms with Crippen LogP contribution < -0.4 is 5.73 Å². The van der Waals surface area contributed by atoms with Crippen molar-refractivity contribution in [3.05, 3.63) is 40.5 Å². The van der Waals surface area contributed by atoms with Crippen molar-refractivity contribution < 1.29 is 0 Å². The Morgan fingerprint density at radius 2 is 2.19 bits per heavy atom. The molecular formula is C12H12BrN3. The van der Waals surface area contributed by atoms with E-state index in [4.69, 9.17) is 5.73 Å². The minimum atomic E-state index is 0.472. The largest absolute Gasteiger partial charge is 0.382 e. The van der Waals surface area contributed by atoms with Crippen LogP contribution in [0, 0.1) is 0 Å². The van der Waals surface area contributed by atoms with Crippen molar-refractivity contribution in [2.24, 2.45) is 10.7 Å². The van der Waals surface area contributed by atoms with Gasteiger partial charge in [0.15, 0.2) is 0 Å². The molecule has 0 spiro atoms. The van der Waals surface area contributed by atoms with E-state index in [1.165, 1.54) is 0 Å². The summed E-state index contributed by atoms with van der Waals surface area (Å²) in [4.78, 5) is 8.66. The van der Waals surface area contributed by atoms with Crippen LogP contribution in [0.2, 0.25) is 0 Å². The second kappa shape index (κ2) is 4.61. The number of aliphatic imine (C=N–C) groups is 1. The highest BCUT2D eigenvalue weighted by molar-refractivity contribution is 9.10. The van der Waals surface area contributed by atoms with E-state index in [-0.39, 0.29) is 0 Å². The molecule has 2 rings (SSSR count). The van der Waals surface area contributed by atoms with E-state index in [1.807, 2.05) is 37.3 Å². The van der Waals surface area contributed by atoms with Crippen molar-refractivity contribution in [2.75, 3.05) is 6.54 Å². The van der Waals surface area contributed by atoms with Crippen LogP contribution in [0.3, 0.4) is 0 Å². The smallest absolute Gasteiger partial charge is 0.145 e. The van der Waals surface area contributed by atoms with E-state index in [9.17, 15) is 0 Å². The first-order valence-electron chi connectivity index (χ1n) is 5.08. The molecule has 82 valence electrons. The lowest BCUT2D eigenvalue weighted by Crippen LogP contribution is -2.16. The van der Waals surface area contributed by atoms with Crippen LogP contribution in [0.1, 0.15) is 12.6 Å². The van der Waals surface area contributed by atoms with Crippen molar-refractivity contribution in [2.45, 2.75) is 6.92 Å². The molecule has 0 aliphatic carbocycles. The molecule has 4 heteroatoms. The number of halogens is 1. The zero-order valence-electron chi connectivity index (χ0n) is 8.94. The van der Waals surface area contributed by atoms with E-state index in [0.717, 1.165) is 15.4 Å². The molecule has 0 aliphatic rings. The summed E-state index contributed by atoms with van der Waals surface area (Å²) < 4.78 is 0.876. The van der Waals surface area contributed by atoms with Crippen molar-refractivity contribution in [1.82, 2.24) is 4.98 Å². The van der Waals surface area contributed by atoms with Crippen molar-refractivity contribution in [1.29, 1.82) is 0 Å². The number of rotatable bonds is 2. The number of hydrogen-bond acceptors (Lipinski definition) is 2. The van der Waals surface area contributed by atoms with E-state index < -0.39 is 0 Å². The monoisotopic (exact) mass is 277 g/mol. The van der Waals surface area contributed by atoms with Gasteiger partial charge >= 0.3 is 0 Å². The lowest BCUT2D eigenvalue weighted by Gasteiger charge is -2.05. The van der Waals surface area contributed by atoms with Crippen LogP contribution in [0.4, 0.5) is 0 Å². The summed E-state index contributed by atoms with van der Waals surface area (Å²) in [5.41, 5.74) is 7.49. The topological polar surface area (TPSA) is 51.3 Å². The fourth-order valence-corrected chi connectivity index (χ4v) is 2.05. The summed E-state index contributed by atoms with van der Waals surface area (Å²) in [6, 6.07) is 9.93. The minimum absolute atomic E-state index is 0.472. The van der Waals surface area contributed by atoms with Gasteiger partial charge in [-0.3, -0.25) is 4.99 Å². The molecule has 0 aliphatic heterocycles. The maximum atomic E-state index is 5.85. The molecule has 0 amide bonds. The van der Waals surface area contributed by atoms with Gasteiger partial charge in [0.2, 0.25) is 0 Å². The normalized spacial score (nSPS) is 12.0. The molecule has 0 bridgehead atoms. The molecule has 3 nitrogen and oxygen atoms in total. The van der Waals surface area contributed by atoms with Gasteiger partial charge in [0.1, 0.15) is 11.5 Å². The number of para-hydroxylation sites is 1. The molecule has 0 radical (unpaired) electrons. The predicted octanol–water partition coefficient (Wildman–Crippen LogP) is 2.72. The van der Waals surface area contributed by atoms with E-state index >= 15 is 0 Å². The zero-order chi connectivity index (χ0) is 11.5. The summed E-state index contributed by atoms with van der Waals surface area (Å²) in [5, 5.41) is 1.09. The highest BCUT2D eigenvalue weighted by Gasteiger charge is 2.07. The molecule has 0 fully saturated rings. The molecular weight excluding hydrogens is 266 g/mol. The maximum Gasteiger partial charge on any atom is 0.145 e. The number of hydrogen-bond donors (Lipinski definition) is 1. The van der Waals surface area contributed by atoms with Crippen LogP contribution in [0.15, 0.2) is 39.8 Å². The Labute approximate surface area is 103 Å². The molecule has 2 aromatic rings. The van der Waals surface area contributed by atoms with Crippen molar-refractivity contribution >= 4 is 32.7 Å². The van der Waals surface area contributed by atoms with Gasteiger partial charge < -0.3 is 5.73 Å². The summed E-state index contributed by atoms with van der Waals surface area (Å²) in [7, 11) is 0. The Balaban J connectivity index is 2.63. The lowest BCUT2D eigenvalue weighted by atomic mass is 10.2. The average Bonchev–Trinajstić information content (AvgIpc) is 2.28. The maximum absolute atomic E-state index is 5.85. The van der Waals surface area contributed by atoms with Gasteiger partial charge in [-0.25, -0.2) is 4.98 Å². The highest BCUT2D eigenvalue weighted by atomic mass is 79.9. The fourth-order valence-electron chi connectivity index (χ4n) is 1.51. The molecule has 0 saturated heterocycles. The Hall–Kier alpha value is -1.42. The van der Waals surface area contributed by atoms with Crippen LogP contribution in [-0.2, 0) is 0 Å². The van der Waals surface area contributed by atoms with Crippen molar-refractivity contribution in [3.8, 4) is 0 Å². The number of pyridine rings is 1. The van der Waals surface area contributed by atoms with E-state index in [2.05, 4.69) is 25.9 Å². The second-order valence-electron chi connectivity index (χ2n) is 3.37. The fraction of sp³-hybridized carbons (Fsp3) is 0.167. The quantitative estimate of drug-likeness (QED) is 0.678. The summed E-state index contributed by atoms with van der Waals surface area (Å²) in [6.45, 7) is 2.61. The molecule has 2 N–H and O–H groups in total. The van der Waals surface area contributed by atoms with Crippen LogP contribution in [-0.4, -0.2) is 17.4 Å². The summed E-state index contributed by atoms with van der Waals surface area (Å²) in [6.07, 6.45) is 0. The molecule has 0 saturated carbocycles. The van der Waals surface area contributed by atoms with E-state index in [0.29, 0.717) is 18.1 Å². The Bertz CT molecular complexity index is 549. The number of nitrogens with zero attached hydrogens (tertiary/aromatic N) is 2. The first kappa shape index (κ1) is 11.1. The van der Waals surface area contributed by atoms with Crippen LogP contribution in [0.5, 0.6) is 0 Å². The Kier molecular flexibility index (Phi) is 3.19. The summed E-state index contributed by atoms with van der Waals surface area (Å²) >= 11 is 3.46. The molecule has 1 heterocycles.